The molecule has 3 nitrogen and oxygen atoms in total. The lowest BCUT2D eigenvalue weighted by Crippen LogP contribution is -2.16. The second-order valence-electron chi connectivity index (χ2n) is 4.23. The van der Waals surface area contributed by atoms with Crippen molar-refractivity contribution in [1.82, 2.24) is 9.55 Å². The number of aromatic nitrogens is 2. The van der Waals surface area contributed by atoms with Crippen LogP contribution in [0.5, 0.6) is 0 Å². The molecule has 1 aromatic heterocycles. The zero-order chi connectivity index (χ0) is 9.97. The third-order valence-corrected chi connectivity index (χ3v) is 2.69. The largest absolute Gasteiger partial charge is 0.376 e. The second kappa shape index (κ2) is 4.13. The van der Waals surface area contributed by atoms with Crippen molar-refractivity contribution in [3.63, 3.8) is 0 Å². The van der Waals surface area contributed by atoms with Crippen molar-refractivity contribution in [2.75, 3.05) is 6.61 Å². The molecule has 1 unspecified atom stereocenters. The van der Waals surface area contributed by atoms with Gasteiger partial charge in [0, 0.05) is 24.9 Å². The van der Waals surface area contributed by atoms with Crippen LogP contribution >= 0.6 is 0 Å². The molecule has 0 saturated carbocycles. The molecule has 0 N–H and O–H groups in total. The molecule has 0 radical (unpaired) electrons. The Morgan fingerprint density at radius 3 is 3.14 bits per heavy atom. The Hall–Kier alpha value is -0.830. The summed E-state index contributed by atoms with van der Waals surface area (Å²) in [5.74, 6) is 1.66. The molecule has 1 atom stereocenters. The van der Waals surface area contributed by atoms with Crippen LogP contribution in [-0.2, 0) is 11.3 Å². The SMILES string of the molecule is CC(C)c1nccn1CC1CCCO1. The second-order valence-corrected chi connectivity index (χ2v) is 4.23. The Balaban J connectivity index is 2.04. The van der Waals surface area contributed by atoms with E-state index in [4.69, 9.17) is 4.74 Å². The van der Waals surface area contributed by atoms with E-state index in [9.17, 15) is 0 Å². The predicted molar refractivity (Wildman–Crippen MR) is 55.3 cm³/mol. The van der Waals surface area contributed by atoms with E-state index in [0.29, 0.717) is 12.0 Å². The number of ether oxygens (including phenoxy) is 1. The molecule has 0 aromatic carbocycles. The summed E-state index contributed by atoms with van der Waals surface area (Å²) in [6.45, 7) is 6.24. The molecule has 1 saturated heterocycles. The van der Waals surface area contributed by atoms with Gasteiger partial charge in [0.25, 0.3) is 0 Å². The van der Waals surface area contributed by atoms with Crippen LogP contribution in [0, 0.1) is 0 Å². The van der Waals surface area contributed by atoms with Crippen molar-refractivity contribution < 1.29 is 4.74 Å². The van der Waals surface area contributed by atoms with Gasteiger partial charge in [0.2, 0.25) is 0 Å². The summed E-state index contributed by atoms with van der Waals surface area (Å²) in [6.07, 6.45) is 6.73. The molecule has 78 valence electrons. The lowest BCUT2D eigenvalue weighted by Gasteiger charge is -2.14. The highest BCUT2D eigenvalue weighted by molar-refractivity contribution is 4.98. The van der Waals surface area contributed by atoms with E-state index in [1.165, 1.54) is 18.7 Å². The van der Waals surface area contributed by atoms with E-state index < -0.39 is 0 Å². The molecular formula is C11H18N2O. The van der Waals surface area contributed by atoms with Crippen molar-refractivity contribution in [3.8, 4) is 0 Å². The summed E-state index contributed by atoms with van der Waals surface area (Å²) >= 11 is 0. The van der Waals surface area contributed by atoms with E-state index in [0.717, 1.165) is 13.2 Å². The quantitative estimate of drug-likeness (QED) is 0.737. The maximum Gasteiger partial charge on any atom is 0.111 e. The van der Waals surface area contributed by atoms with Gasteiger partial charge in [-0.3, -0.25) is 0 Å². The molecule has 0 amide bonds. The van der Waals surface area contributed by atoms with E-state index >= 15 is 0 Å². The molecular weight excluding hydrogens is 176 g/mol. The summed E-state index contributed by atoms with van der Waals surface area (Å²) in [7, 11) is 0. The topological polar surface area (TPSA) is 27.1 Å². The highest BCUT2D eigenvalue weighted by atomic mass is 16.5. The van der Waals surface area contributed by atoms with Crippen molar-refractivity contribution in [2.24, 2.45) is 0 Å². The Kier molecular flexibility index (Phi) is 2.87. The average molecular weight is 194 g/mol. The van der Waals surface area contributed by atoms with Gasteiger partial charge in [-0.25, -0.2) is 4.98 Å². The van der Waals surface area contributed by atoms with Crippen LogP contribution in [0.4, 0.5) is 0 Å². The predicted octanol–water partition coefficient (Wildman–Crippen LogP) is 2.19. The first-order chi connectivity index (χ1) is 6.77. The fourth-order valence-electron chi connectivity index (χ4n) is 1.98. The smallest absolute Gasteiger partial charge is 0.111 e. The van der Waals surface area contributed by atoms with E-state index in [1.54, 1.807) is 0 Å². The zero-order valence-corrected chi connectivity index (χ0v) is 8.94. The van der Waals surface area contributed by atoms with Gasteiger partial charge in [-0.15, -0.1) is 0 Å². The average Bonchev–Trinajstić information content (AvgIpc) is 2.75. The van der Waals surface area contributed by atoms with Crippen molar-refractivity contribution in [3.05, 3.63) is 18.2 Å². The van der Waals surface area contributed by atoms with Crippen LogP contribution in [-0.4, -0.2) is 22.3 Å². The number of rotatable bonds is 3. The summed E-state index contributed by atoms with van der Waals surface area (Å²) in [5, 5.41) is 0. The van der Waals surface area contributed by atoms with Crippen molar-refractivity contribution in [2.45, 2.75) is 45.3 Å². The van der Waals surface area contributed by atoms with Crippen molar-refractivity contribution >= 4 is 0 Å². The van der Waals surface area contributed by atoms with E-state index in [1.807, 2.05) is 6.20 Å². The summed E-state index contributed by atoms with van der Waals surface area (Å²) in [6, 6.07) is 0. The highest BCUT2D eigenvalue weighted by Gasteiger charge is 2.17. The first-order valence-corrected chi connectivity index (χ1v) is 5.40. The normalized spacial score (nSPS) is 22.1. The molecule has 2 heterocycles. The molecule has 0 aliphatic carbocycles. The monoisotopic (exact) mass is 194 g/mol. The Bertz CT molecular complexity index is 287. The van der Waals surface area contributed by atoms with Gasteiger partial charge in [-0.2, -0.15) is 0 Å². The van der Waals surface area contributed by atoms with Crippen LogP contribution in [0.25, 0.3) is 0 Å². The van der Waals surface area contributed by atoms with Gasteiger partial charge < -0.3 is 9.30 Å². The number of nitrogens with zero attached hydrogens (tertiary/aromatic N) is 2. The minimum Gasteiger partial charge on any atom is -0.376 e. The maximum absolute atomic E-state index is 5.61. The molecule has 1 fully saturated rings. The Labute approximate surface area is 85.1 Å². The van der Waals surface area contributed by atoms with E-state index in [-0.39, 0.29) is 0 Å². The van der Waals surface area contributed by atoms with Crippen LogP contribution in [0.15, 0.2) is 12.4 Å². The molecule has 1 aliphatic rings. The van der Waals surface area contributed by atoms with Crippen molar-refractivity contribution in [1.29, 1.82) is 0 Å². The van der Waals surface area contributed by atoms with Crippen LogP contribution < -0.4 is 0 Å². The fraction of sp³-hybridized carbons (Fsp3) is 0.727. The third kappa shape index (κ3) is 1.98. The highest BCUT2D eigenvalue weighted by Crippen LogP contribution is 2.17. The Morgan fingerprint density at radius 1 is 1.64 bits per heavy atom. The van der Waals surface area contributed by atoms with Gasteiger partial charge in [0.05, 0.1) is 12.6 Å². The van der Waals surface area contributed by atoms with Gasteiger partial charge in [0.1, 0.15) is 5.82 Å². The molecule has 0 spiro atoms. The van der Waals surface area contributed by atoms with Gasteiger partial charge in [0.15, 0.2) is 0 Å². The third-order valence-electron chi connectivity index (χ3n) is 2.69. The Morgan fingerprint density at radius 2 is 2.50 bits per heavy atom. The van der Waals surface area contributed by atoms with Crippen LogP contribution in [0.3, 0.4) is 0 Å². The van der Waals surface area contributed by atoms with E-state index in [2.05, 4.69) is 29.6 Å². The first-order valence-electron chi connectivity index (χ1n) is 5.40. The van der Waals surface area contributed by atoms with Crippen LogP contribution in [0.2, 0.25) is 0 Å². The fourth-order valence-corrected chi connectivity index (χ4v) is 1.98. The van der Waals surface area contributed by atoms with Gasteiger partial charge in [-0.1, -0.05) is 13.8 Å². The molecule has 2 rings (SSSR count). The van der Waals surface area contributed by atoms with Crippen LogP contribution in [0.1, 0.15) is 38.4 Å². The minimum absolute atomic E-state index is 0.404. The minimum atomic E-state index is 0.404. The molecule has 1 aromatic rings. The molecule has 3 heteroatoms. The number of imidazole rings is 1. The molecule has 0 bridgehead atoms. The first kappa shape index (κ1) is 9.71. The molecule has 1 aliphatic heterocycles. The number of hydrogen-bond donors (Lipinski definition) is 0. The molecule has 14 heavy (non-hydrogen) atoms. The standard InChI is InChI=1S/C11H18N2O/c1-9(2)11-12-5-6-13(11)8-10-4-3-7-14-10/h5-6,9-10H,3-4,7-8H2,1-2H3. The zero-order valence-electron chi connectivity index (χ0n) is 8.94. The lowest BCUT2D eigenvalue weighted by molar-refractivity contribution is 0.0961. The summed E-state index contributed by atoms with van der Waals surface area (Å²) in [4.78, 5) is 4.37. The maximum atomic E-state index is 5.61. The van der Waals surface area contributed by atoms with Gasteiger partial charge in [-0.05, 0) is 12.8 Å². The van der Waals surface area contributed by atoms with Gasteiger partial charge >= 0.3 is 0 Å². The lowest BCUT2D eigenvalue weighted by atomic mass is 10.2. The number of hydrogen-bond acceptors (Lipinski definition) is 2. The summed E-state index contributed by atoms with van der Waals surface area (Å²) < 4.78 is 7.84. The summed E-state index contributed by atoms with van der Waals surface area (Å²) in [5.41, 5.74) is 0.